The second-order valence-electron chi connectivity index (χ2n) is 3.92. The zero-order valence-electron chi connectivity index (χ0n) is 8.77. The molecular formula is C14H10BN. The smallest absolute Gasteiger partial charge is 0.115 e. The van der Waals surface area contributed by atoms with Crippen LogP contribution in [-0.2, 0) is 0 Å². The molecule has 0 bridgehead atoms. The lowest BCUT2D eigenvalue weighted by molar-refractivity contribution is 1.77. The summed E-state index contributed by atoms with van der Waals surface area (Å²) in [5.41, 5.74) is 7.78. The lowest BCUT2D eigenvalue weighted by Gasteiger charge is -2.11. The van der Waals surface area contributed by atoms with Crippen LogP contribution in [-0.4, -0.2) is 7.85 Å². The van der Waals surface area contributed by atoms with Gasteiger partial charge in [-0.05, 0) is 10.8 Å². The molecule has 2 radical (unpaired) electrons. The molecule has 2 heteroatoms. The van der Waals surface area contributed by atoms with E-state index in [0.29, 0.717) is 0 Å². The highest BCUT2D eigenvalue weighted by molar-refractivity contribution is 6.46. The Morgan fingerprint density at radius 2 is 1.06 bits per heavy atom. The number of hydrogen-bond donors (Lipinski definition) is 1. The number of anilines is 1. The van der Waals surface area contributed by atoms with Crippen molar-refractivity contribution in [3.05, 3.63) is 48.5 Å². The quantitative estimate of drug-likeness (QED) is 0.338. The lowest BCUT2D eigenvalue weighted by atomic mass is 9.84. The van der Waals surface area contributed by atoms with Crippen molar-refractivity contribution in [2.24, 2.45) is 0 Å². The molecule has 0 unspecified atom stereocenters. The van der Waals surface area contributed by atoms with E-state index in [1.54, 1.807) is 0 Å². The van der Waals surface area contributed by atoms with Gasteiger partial charge in [-0.3, -0.25) is 0 Å². The minimum Gasteiger partial charge on any atom is -0.398 e. The van der Waals surface area contributed by atoms with Gasteiger partial charge in [0.1, 0.15) is 7.85 Å². The first-order valence-corrected chi connectivity index (χ1v) is 5.23. The molecule has 0 aliphatic rings. The van der Waals surface area contributed by atoms with E-state index in [1.165, 1.54) is 0 Å². The van der Waals surface area contributed by atoms with Crippen LogP contribution in [0.2, 0.25) is 0 Å². The van der Waals surface area contributed by atoms with Crippen LogP contribution in [0.4, 0.5) is 5.69 Å². The first-order valence-electron chi connectivity index (χ1n) is 5.23. The molecule has 0 heterocycles. The zero-order chi connectivity index (χ0) is 11.1. The Morgan fingerprint density at radius 3 is 1.50 bits per heavy atom. The van der Waals surface area contributed by atoms with Crippen LogP contribution >= 0.6 is 0 Å². The van der Waals surface area contributed by atoms with Gasteiger partial charge in [-0.25, -0.2) is 0 Å². The van der Waals surface area contributed by atoms with Crippen molar-refractivity contribution in [1.82, 2.24) is 0 Å². The van der Waals surface area contributed by atoms with Crippen molar-refractivity contribution < 1.29 is 0 Å². The molecule has 0 fully saturated rings. The first kappa shape index (κ1) is 9.28. The lowest BCUT2D eigenvalue weighted by Crippen LogP contribution is -2.07. The van der Waals surface area contributed by atoms with Crippen LogP contribution in [0.3, 0.4) is 0 Å². The number of rotatable bonds is 0. The summed E-state index contributed by atoms with van der Waals surface area (Å²) < 4.78 is 0. The fraction of sp³-hybridized carbons (Fsp3) is 0. The Kier molecular flexibility index (Phi) is 1.90. The molecule has 0 atom stereocenters. The van der Waals surface area contributed by atoms with Gasteiger partial charge in [-0.2, -0.15) is 0 Å². The van der Waals surface area contributed by atoms with E-state index in [-0.39, 0.29) is 0 Å². The predicted octanol–water partition coefficient (Wildman–Crippen LogP) is 2.37. The van der Waals surface area contributed by atoms with E-state index < -0.39 is 0 Å². The third-order valence-corrected chi connectivity index (χ3v) is 3.01. The topological polar surface area (TPSA) is 26.0 Å². The van der Waals surface area contributed by atoms with Gasteiger partial charge in [0.2, 0.25) is 0 Å². The third-order valence-electron chi connectivity index (χ3n) is 3.01. The van der Waals surface area contributed by atoms with Gasteiger partial charge in [-0.1, -0.05) is 54.0 Å². The number of nitrogens with two attached hydrogens (primary N) is 1. The summed E-state index contributed by atoms with van der Waals surface area (Å²) >= 11 is 0. The highest BCUT2D eigenvalue weighted by atomic mass is 14.6. The van der Waals surface area contributed by atoms with Gasteiger partial charge < -0.3 is 5.73 Å². The number of nitrogen functional groups attached to an aromatic ring is 1. The zero-order valence-corrected chi connectivity index (χ0v) is 8.77. The molecule has 0 spiro atoms. The second-order valence-corrected chi connectivity index (χ2v) is 3.92. The van der Waals surface area contributed by atoms with Gasteiger partial charge >= 0.3 is 0 Å². The number of benzene rings is 3. The molecule has 16 heavy (non-hydrogen) atoms. The first-order chi connectivity index (χ1) is 7.79. The van der Waals surface area contributed by atoms with Crippen molar-refractivity contribution in [3.8, 4) is 0 Å². The summed E-state index contributed by atoms with van der Waals surface area (Å²) in [4.78, 5) is 0. The summed E-state index contributed by atoms with van der Waals surface area (Å²) in [6.07, 6.45) is 0. The summed E-state index contributed by atoms with van der Waals surface area (Å²) in [5.74, 6) is 0. The van der Waals surface area contributed by atoms with Crippen LogP contribution in [0.5, 0.6) is 0 Å². The summed E-state index contributed by atoms with van der Waals surface area (Å²) in [6, 6.07) is 15.9. The molecule has 0 saturated heterocycles. The van der Waals surface area contributed by atoms with Gasteiger partial charge in [0.25, 0.3) is 0 Å². The molecule has 0 aromatic heterocycles. The van der Waals surface area contributed by atoms with Crippen molar-refractivity contribution in [3.63, 3.8) is 0 Å². The third kappa shape index (κ3) is 1.13. The molecule has 0 saturated carbocycles. The molecule has 0 aliphatic heterocycles. The van der Waals surface area contributed by atoms with Gasteiger partial charge in [0, 0.05) is 16.5 Å². The van der Waals surface area contributed by atoms with E-state index in [0.717, 1.165) is 32.7 Å². The van der Waals surface area contributed by atoms with E-state index in [1.807, 2.05) is 48.5 Å². The largest absolute Gasteiger partial charge is 0.398 e. The number of hydrogen-bond acceptors (Lipinski definition) is 1. The maximum Gasteiger partial charge on any atom is 0.115 e. The Morgan fingerprint density at radius 1 is 0.688 bits per heavy atom. The van der Waals surface area contributed by atoms with Crippen molar-refractivity contribution >= 4 is 40.5 Å². The Labute approximate surface area is 95.3 Å². The van der Waals surface area contributed by atoms with Gasteiger partial charge in [0.05, 0.1) is 0 Å². The SMILES string of the molecule is [B]c1c2ccccc2c(N)c2ccccc12. The molecule has 0 amide bonds. The summed E-state index contributed by atoms with van der Waals surface area (Å²) in [6.45, 7) is 0. The summed E-state index contributed by atoms with van der Waals surface area (Å²) in [5, 5.41) is 4.11. The van der Waals surface area contributed by atoms with Gasteiger partial charge in [-0.15, -0.1) is 0 Å². The van der Waals surface area contributed by atoms with E-state index in [9.17, 15) is 0 Å². The molecular weight excluding hydrogens is 193 g/mol. The second kappa shape index (κ2) is 3.27. The average molecular weight is 203 g/mol. The van der Waals surface area contributed by atoms with Crippen LogP contribution in [0.25, 0.3) is 21.5 Å². The fourth-order valence-electron chi connectivity index (χ4n) is 2.20. The highest BCUT2D eigenvalue weighted by Crippen LogP contribution is 2.28. The van der Waals surface area contributed by atoms with Gasteiger partial charge in [0.15, 0.2) is 0 Å². The monoisotopic (exact) mass is 203 g/mol. The normalized spacial score (nSPS) is 11.0. The van der Waals surface area contributed by atoms with Crippen LogP contribution in [0.15, 0.2) is 48.5 Å². The minimum atomic E-state index is 0.806. The predicted molar refractivity (Wildman–Crippen MR) is 71.3 cm³/mol. The molecule has 3 aromatic rings. The number of fused-ring (bicyclic) bond motifs is 2. The Balaban J connectivity index is 2.67. The standard InChI is InChI=1S/C14H10BN/c15-13-9-5-1-3-7-11(9)14(16)12-8-4-2-6-10(12)13/h1-8H,16H2. The summed E-state index contributed by atoms with van der Waals surface area (Å²) in [7, 11) is 6.17. The van der Waals surface area contributed by atoms with E-state index in [4.69, 9.17) is 13.6 Å². The molecule has 2 N–H and O–H groups in total. The van der Waals surface area contributed by atoms with E-state index >= 15 is 0 Å². The van der Waals surface area contributed by atoms with Crippen LogP contribution in [0, 0.1) is 0 Å². The molecule has 3 rings (SSSR count). The van der Waals surface area contributed by atoms with Crippen molar-refractivity contribution in [2.45, 2.75) is 0 Å². The Hall–Kier alpha value is -1.96. The molecule has 3 aromatic carbocycles. The average Bonchev–Trinajstić information content (AvgIpc) is 2.36. The van der Waals surface area contributed by atoms with E-state index in [2.05, 4.69) is 0 Å². The maximum absolute atomic E-state index is 6.17. The fourth-order valence-corrected chi connectivity index (χ4v) is 2.20. The molecule has 74 valence electrons. The minimum absolute atomic E-state index is 0.806. The Bertz CT molecular complexity index is 572. The molecule has 1 nitrogen and oxygen atoms in total. The van der Waals surface area contributed by atoms with Crippen molar-refractivity contribution in [2.75, 3.05) is 5.73 Å². The highest BCUT2D eigenvalue weighted by Gasteiger charge is 2.06. The maximum atomic E-state index is 6.17. The van der Waals surface area contributed by atoms with Crippen LogP contribution < -0.4 is 11.2 Å². The van der Waals surface area contributed by atoms with Crippen molar-refractivity contribution in [1.29, 1.82) is 0 Å². The molecule has 0 aliphatic carbocycles. The van der Waals surface area contributed by atoms with Crippen LogP contribution in [0.1, 0.15) is 0 Å².